The zero-order chi connectivity index (χ0) is 13.1. The molecule has 1 amide bonds. The molecule has 18 heavy (non-hydrogen) atoms. The number of amides is 1. The molecule has 0 spiro atoms. The van der Waals surface area contributed by atoms with Gasteiger partial charge in [-0.05, 0) is 32.0 Å². The molecule has 0 aliphatic carbocycles. The topological polar surface area (TPSA) is 43.8 Å². The summed E-state index contributed by atoms with van der Waals surface area (Å²) in [6.07, 6.45) is 0.524. The Morgan fingerprint density at radius 3 is 2.94 bits per heavy atom. The lowest BCUT2D eigenvalue weighted by molar-refractivity contribution is -0.119. The molecule has 1 N–H and O–H groups in total. The van der Waals surface area contributed by atoms with Crippen LogP contribution in [0.2, 0.25) is 0 Å². The van der Waals surface area contributed by atoms with Crippen LogP contribution in [-0.2, 0) is 11.2 Å². The highest BCUT2D eigenvalue weighted by Crippen LogP contribution is 2.27. The summed E-state index contributed by atoms with van der Waals surface area (Å²) >= 11 is 0. The molecule has 0 radical (unpaired) electrons. The fourth-order valence-corrected chi connectivity index (χ4v) is 2.43. The smallest absolute Gasteiger partial charge is 0.241 e. The van der Waals surface area contributed by atoms with Crippen molar-refractivity contribution in [3.05, 3.63) is 29.8 Å². The molecule has 2 rings (SSSR count). The lowest BCUT2D eigenvalue weighted by atomic mass is 10.2. The van der Waals surface area contributed by atoms with Gasteiger partial charge in [0, 0.05) is 18.8 Å². The van der Waals surface area contributed by atoms with Crippen molar-refractivity contribution < 1.29 is 9.90 Å². The average molecular weight is 248 g/mol. The SMILES string of the molecule is CC(O)CN(C)CC(=O)N1CCc2ccccc21. The van der Waals surface area contributed by atoms with Crippen molar-refractivity contribution in [1.29, 1.82) is 0 Å². The van der Waals surface area contributed by atoms with E-state index in [1.54, 1.807) is 6.92 Å². The Kier molecular flexibility index (Phi) is 3.99. The van der Waals surface area contributed by atoms with Crippen molar-refractivity contribution in [3.63, 3.8) is 0 Å². The number of hydrogen-bond acceptors (Lipinski definition) is 3. The molecule has 4 heteroatoms. The van der Waals surface area contributed by atoms with Crippen LogP contribution in [0.4, 0.5) is 5.69 Å². The van der Waals surface area contributed by atoms with Crippen LogP contribution in [0.15, 0.2) is 24.3 Å². The maximum atomic E-state index is 12.2. The minimum Gasteiger partial charge on any atom is -0.392 e. The third-order valence-corrected chi connectivity index (χ3v) is 3.17. The molecule has 0 saturated heterocycles. The minimum atomic E-state index is -0.409. The summed E-state index contributed by atoms with van der Waals surface area (Å²) in [5.41, 5.74) is 2.27. The number of fused-ring (bicyclic) bond motifs is 1. The largest absolute Gasteiger partial charge is 0.392 e. The van der Waals surface area contributed by atoms with Crippen LogP contribution in [0.3, 0.4) is 0 Å². The number of carbonyl (C=O) groups excluding carboxylic acids is 1. The molecule has 0 aromatic heterocycles. The highest BCUT2D eigenvalue weighted by Gasteiger charge is 2.24. The fourth-order valence-electron chi connectivity index (χ4n) is 2.43. The summed E-state index contributed by atoms with van der Waals surface area (Å²) in [7, 11) is 1.85. The van der Waals surface area contributed by atoms with E-state index in [-0.39, 0.29) is 5.91 Å². The van der Waals surface area contributed by atoms with Crippen LogP contribution in [0.1, 0.15) is 12.5 Å². The predicted molar refractivity (Wildman–Crippen MR) is 71.7 cm³/mol. The van der Waals surface area contributed by atoms with Crippen molar-refractivity contribution >= 4 is 11.6 Å². The van der Waals surface area contributed by atoms with Crippen molar-refractivity contribution in [2.45, 2.75) is 19.4 Å². The molecular formula is C14H20N2O2. The van der Waals surface area contributed by atoms with Gasteiger partial charge >= 0.3 is 0 Å². The van der Waals surface area contributed by atoms with Gasteiger partial charge in [-0.3, -0.25) is 9.69 Å². The van der Waals surface area contributed by atoms with Crippen LogP contribution >= 0.6 is 0 Å². The number of hydrogen-bond donors (Lipinski definition) is 1. The lowest BCUT2D eigenvalue weighted by Crippen LogP contribution is -2.40. The fraction of sp³-hybridized carbons (Fsp3) is 0.500. The van der Waals surface area contributed by atoms with Crippen molar-refractivity contribution in [3.8, 4) is 0 Å². The Labute approximate surface area is 108 Å². The molecule has 4 nitrogen and oxygen atoms in total. The number of anilines is 1. The summed E-state index contributed by atoms with van der Waals surface area (Å²) in [5, 5.41) is 9.29. The van der Waals surface area contributed by atoms with Gasteiger partial charge in [0.25, 0.3) is 0 Å². The molecule has 0 fully saturated rings. The van der Waals surface area contributed by atoms with Gasteiger partial charge in [-0.1, -0.05) is 18.2 Å². The number of benzene rings is 1. The molecule has 0 saturated carbocycles. The van der Waals surface area contributed by atoms with E-state index in [2.05, 4.69) is 6.07 Å². The first kappa shape index (κ1) is 13.1. The number of para-hydroxylation sites is 1. The van der Waals surface area contributed by atoms with E-state index in [9.17, 15) is 9.90 Å². The zero-order valence-electron chi connectivity index (χ0n) is 11.0. The Balaban J connectivity index is 1.99. The van der Waals surface area contributed by atoms with Crippen LogP contribution in [-0.4, -0.2) is 48.7 Å². The summed E-state index contributed by atoms with van der Waals surface area (Å²) in [6.45, 7) is 3.35. The molecule has 1 aromatic rings. The third kappa shape index (κ3) is 2.89. The molecule has 1 aliphatic heterocycles. The minimum absolute atomic E-state index is 0.100. The molecule has 1 heterocycles. The first-order chi connectivity index (χ1) is 8.58. The monoisotopic (exact) mass is 248 g/mol. The summed E-state index contributed by atoms with van der Waals surface area (Å²) in [4.78, 5) is 15.9. The van der Waals surface area contributed by atoms with Gasteiger partial charge in [0.1, 0.15) is 0 Å². The van der Waals surface area contributed by atoms with Crippen LogP contribution in [0.5, 0.6) is 0 Å². The van der Waals surface area contributed by atoms with Gasteiger partial charge < -0.3 is 10.0 Å². The normalized spacial score (nSPS) is 15.9. The predicted octanol–water partition coefficient (Wildman–Crippen LogP) is 0.888. The highest BCUT2D eigenvalue weighted by molar-refractivity contribution is 5.96. The Morgan fingerprint density at radius 1 is 1.50 bits per heavy atom. The van der Waals surface area contributed by atoms with Crippen LogP contribution in [0.25, 0.3) is 0 Å². The molecule has 98 valence electrons. The van der Waals surface area contributed by atoms with E-state index in [1.807, 2.05) is 35.0 Å². The second-order valence-electron chi connectivity index (χ2n) is 4.97. The lowest BCUT2D eigenvalue weighted by Gasteiger charge is -2.22. The molecule has 0 bridgehead atoms. The average Bonchev–Trinajstić information content (AvgIpc) is 2.71. The molecular weight excluding hydrogens is 228 g/mol. The summed E-state index contributed by atoms with van der Waals surface area (Å²) in [6, 6.07) is 8.04. The number of rotatable bonds is 4. The summed E-state index contributed by atoms with van der Waals surface area (Å²) < 4.78 is 0. The number of likely N-dealkylation sites (N-methyl/N-ethyl adjacent to an activating group) is 1. The second-order valence-corrected chi connectivity index (χ2v) is 4.97. The van der Waals surface area contributed by atoms with E-state index in [0.717, 1.165) is 18.7 Å². The van der Waals surface area contributed by atoms with E-state index in [4.69, 9.17) is 0 Å². The van der Waals surface area contributed by atoms with Gasteiger partial charge in [-0.15, -0.1) is 0 Å². The van der Waals surface area contributed by atoms with Crippen LogP contribution < -0.4 is 4.90 Å². The van der Waals surface area contributed by atoms with Gasteiger partial charge in [0.15, 0.2) is 0 Å². The van der Waals surface area contributed by atoms with Crippen molar-refractivity contribution in [2.24, 2.45) is 0 Å². The van der Waals surface area contributed by atoms with Gasteiger partial charge in [-0.2, -0.15) is 0 Å². The van der Waals surface area contributed by atoms with Gasteiger partial charge in [-0.25, -0.2) is 0 Å². The quantitative estimate of drug-likeness (QED) is 0.860. The third-order valence-electron chi connectivity index (χ3n) is 3.17. The maximum Gasteiger partial charge on any atom is 0.241 e. The Hall–Kier alpha value is -1.39. The number of carbonyl (C=O) groups is 1. The molecule has 1 atom stereocenters. The maximum absolute atomic E-state index is 12.2. The van der Waals surface area contributed by atoms with Gasteiger partial charge in [0.2, 0.25) is 5.91 Å². The number of aliphatic hydroxyl groups excluding tert-OH is 1. The molecule has 1 unspecified atom stereocenters. The number of aliphatic hydroxyl groups is 1. The van der Waals surface area contributed by atoms with E-state index in [1.165, 1.54) is 5.56 Å². The highest BCUT2D eigenvalue weighted by atomic mass is 16.3. The second kappa shape index (κ2) is 5.50. The Bertz CT molecular complexity index is 432. The van der Waals surface area contributed by atoms with Gasteiger partial charge in [0.05, 0.1) is 12.6 Å². The summed E-state index contributed by atoms with van der Waals surface area (Å²) in [5.74, 6) is 0.100. The standard InChI is InChI=1S/C14H20N2O2/c1-11(17)9-15(2)10-14(18)16-8-7-12-5-3-4-6-13(12)16/h3-6,11,17H,7-10H2,1-2H3. The zero-order valence-corrected chi connectivity index (χ0v) is 11.0. The van der Waals surface area contributed by atoms with Crippen molar-refractivity contribution in [2.75, 3.05) is 31.6 Å². The molecule has 1 aromatic carbocycles. The first-order valence-electron chi connectivity index (χ1n) is 6.33. The van der Waals surface area contributed by atoms with E-state index >= 15 is 0 Å². The number of nitrogens with zero attached hydrogens (tertiary/aromatic N) is 2. The van der Waals surface area contributed by atoms with E-state index in [0.29, 0.717) is 13.1 Å². The first-order valence-corrected chi connectivity index (χ1v) is 6.33. The Morgan fingerprint density at radius 2 is 2.22 bits per heavy atom. The van der Waals surface area contributed by atoms with Crippen LogP contribution in [0, 0.1) is 0 Å². The van der Waals surface area contributed by atoms with Crippen molar-refractivity contribution in [1.82, 2.24) is 4.90 Å². The van der Waals surface area contributed by atoms with E-state index < -0.39 is 6.10 Å². The molecule has 1 aliphatic rings.